The summed E-state index contributed by atoms with van der Waals surface area (Å²) < 4.78 is 80.5. The molecule has 0 N–H and O–H groups in total. The molecule has 0 aliphatic carbocycles. The molecule has 36 heavy (non-hydrogen) atoms. The van der Waals surface area contributed by atoms with Gasteiger partial charge in [0.05, 0.1) is 6.20 Å². The van der Waals surface area contributed by atoms with Crippen molar-refractivity contribution in [3.05, 3.63) is 34.1 Å². The Labute approximate surface area is 200 Å². The van der Waals surface area contributed by atoms with Crippen LogP contribution in [0.2, 0.25) is 0 Å². The SMILES string of the molecule is CCn1c(N2CCC3(CN(c4cc(C(F)(F)F)nc(C)n4)C3)C2)nc2c(cnn2CC(F)(F)F)c1=O. The van der Waals surface area contributed by atoms with E-state index in [1.807, 2.05) is 4.90 Å². The Bertz CT molecular complexity index is 1370. The molecule has 1 spiro atoms. The van der Waals surface area contributed by atoms with Crippen molar-refractivity contribution in [2.24, 2.45) is 5.41 Å². The van der Waals surface area contributed by atoms with E-state index >= 15 is 0 Å². The van der Waals surface area contributed by atoms with E-state index in [4.69, 9.17) is 0 Å². The number of aryl methyl sites for hydroxylation is 1. The average Bonchev–Trinajstić information content (AvgIpc) is 3.35. The molecule has 194 valence electrons. The molecule has 5 heterocycles. The van der Waals surface area contributed by atoms with Crippen LogP contribution in [0.15, 0.2) is 17.1 Å². The summed E-state index contributed by atoms with van der Waals surface area (Å²) in [5.41, 5.74) is -1.88. The number of aromatic nitrogens is 6. The van der Waals surface area contributed by atoms with Gasteiger partial charge in [0.25, 0.3) is 5.56 Å². The van der Waals surface area contributed by atoms with Gasteiger partial charge in [-0.1, -0.05) is 0 Å². The van der Waals surface area contributed by atoms with Crippen molar-refractivity contribution in [3.63, 3.8) is 0 Å². The number of anilines is 2. The molecule has 2 fully saturated rings. The van der Waals surface area contributed by atoms with E-state index in [0.29, 0.717) is 37.3 Å². The first-order chi connectivity index (χ1) is 16.8. The molecule has 15 heteroatoms. The standard InChI is InChI=1S/C21H22F6N8O/c1-3-34-17(36)13-7-28-35(11-20(22,23)24)16(13)31-18(34)32-5-4-19(8-32)9-33(10-19)15-6-14(21(25,26)27)29-12(2)30-15/h6-7H,3-5,8-11H2,1-2H3. The molecular weight excluding hydrogens is 494 g/mol. The minimum atomic E-state index is -4.58. The van der Waals surface area contributed by atoms with E-state index < -0.39 is 30.2 Å². The normalized spacial score (nSPS) is 17.9. The summed E-state index contributed by atoms with van der Waals surface area (Å²) in [5, 5.41) is 3.73. The third-order valence-electron chi connectivity index (χ3n) is 6.59. The molecule has 0 aromatic carbocycles. The van der Waals surface area contributed by atoms with Gasteiger partial charge in [0, 0.05) is 44.2 Å². The van der Waals surface area contributed by atoms with Gasteiger partial charge in [-0.05, 0) is 20.3 Å². The molecule has 0 bridgehead atoms. The van der Waals surface area contributed by atoms with Crippen molar-refractivity contribution in [2.45, 2.75) is 45.7 Å². The molecule has 3 aromatic heterocycles. The number of halogens is 6. The van der Waals surface area contributed by atoms with Gasteiger partial charge in [0.2, 0.25) is 5.95 Å². The number of fused-ring (bicyclic) bond motifs is 1. The molecule has 3 aromatic rings. The Hall–Kier alpha value is -3.39. The van der Waals surface area contributed by atoms with Gasteiger partial charge in [-0.3, -0.25) is 9.36 Å². The van der Waals surface area contributed by atoms with Crippen molar-refractivity contribution >= 4 is 22.8 Å². The van der Waals surface area contributed by atoms with Crippen molar-refractivity contribution in [1.29, 1.82) is 0 Å². The van der Waals surface area contributed by atoms with E-state index in [2.05, 4.69) is 20.1 Å². The second-order valence-electron chi connectivity index (χ2n) is 9.30. The first-order valence-corrected chi connectivity index (χ1v) is 11.2. The number of alkyl halides is 6. The molecule has 0 amide bonds. The highest BCUT2D eigenvalue weighted by molar-refractivity contribution is 5.75. The lowest BCUT2D eigenvalue weighted by Gasteiger charge is -2.48. The van der Waals surface area contributed by atoms with Crippen LogP contribution in [0.25, 0.3) is 11.0 Å². The van der Waals surface area contributed by atoms with Crippen LogP contribution in [0, 0.1) is 12.3 Å². The van der Waals surface area contributed by atoms with Gasteiger partial charge in [0.1, 0.15) is 29.3 Å². The van der Waals surface area contributed by atoms with E-state index in [1.165, 1.54) is 11.5 Å². The maximum Gasteiger partial charge on any atom is 0.433 e. The maximum absolute atomic E-state index is 13.2. The molecule has 5 rings (SSSR count). The maximum atomic E-state index is 13.2. The van der Waals surface area contributed by atoms with Gasteiger partial charge in [0.15, 0.2) is 5.65 Å². The highest BCUT2D eigenvalue weighted by Gasteiger charge is 2.49. The molecule has 0 atom stereocenters. The van der Waals surface area contributed by atoms with Crippen LogP contribution in [0.1, 0.15) is 24.9 Å². The topological polar surface area (TPSA) is 85.0 Å². The number of rotatable bonds is 4. The summed E-state index contributed by atoms with van der Waals surface area (Å²) in [6.45, 7) is 3.88. The first kappa shape index (κ1) is 24.3. The largest absolute Gasteiger partial charge is 0.433 e. The van der Waals surface area contributed by atoms with Crippen LogP contribution in [-0.4, -0.2) is 61.7 Å². The number of hydrogen-bond donors (Lipinski definition) is 0. The van der Waals surface area contributed by atoms with Gasteiger partial charge in [-0.25, -0.2) is 14.6 Å². The zero-order valence-corrected chi connectivity index (χ0v) is 19.4. The summed E-state index contributed by atoms with van der Waals surface area (Å²) >= 11 is 0. The van der Waals surface area contributed by atoms with Crippen molar-refractivity contribution < 1.29 is 26.3 Å². The summed E-state index contributed by atoms with van der Waals surface area (Å²) in [5.74, 6) is 0.472. The van der Waals surface area contributed by atoms with Crippen LogP contribution in [-0.2, 0) is 19.3 Å². The molecule has 0 saturated carbocycles. The van der Waals surface area contributed by atoms with Crippen LogP contribution in [0.3, 0.4) is 0 Å². The lowest BCUT2D eigenvalue weighted by molar-refractivity contribution is -0.142. The third kappa shape index (κ3) is 4.23. The first-order valence-electron chi connectivity index (χ1n) is 11.2. The lowest BCUT2D eigenvalue weighted by atomic mass is 9.79. The van der Waals surface area contributed by atoms with E-state index in [9.17, 15) is 31.1 Å². The molecular formula is C21H22F6N8O. The van der Waals surface area contributed by atoms with Crippen molar-refractivity contribution in [2.75, 3.05) is 36.0 Å². The highest BCUT2D eigenvalue weighted by atomic mass is 19.4. The second-order valence-corrected chi connectivity index (χ2v) is 9.30. The lowest BCUT2D eigenvalue weighted by Crippen LogP contribution is -2.58. The van der Waals surface area contributed by atoms with Gasteiger partial charge < -0.3 is 9.80 Å². The fourth-order valence-corrected chi connectivity index (χ4v) is 5.00. The zero-order chi connectivity index (χ0) is 26.0. The molecule has 2 aliphatic heterocycles. The van der Waals surface area contributed by atoms with Crippen LogP contribution in [0.4, 0.5) is 38.1 Å². The van der Waals surface area contributed by atoms with Crippen molar-refractivity contribution in [1.82, 2.24) is 29.3 Å². The van der Waals surface area contributed by atoms with Gasteiger partial charge in [-0.15, -0.1) is 0 Å². The van der Waals surface area contributed by atoms with Gasteiger partial charge >= 0.3 is 12.4 Å². The Kier molecular flexibility index (Phi) is 5.44. The monoisotopic (exact) mass is 516 g/mol. The fraction of sp³-hybridized carbons (Fsp3) is 0.571. The highest BCUT2D eigenvalue weighted by Crippen LogP contribution is 2.43. The molecule has 2 aliphatic rings. The molecule has 0 radical (unpaired) electrons. The quantitative estimate of drug-likeness (QED) is 0.493. The van der Waals surface area contributed by atoms with E-state index in [1.54, 1.807) is 11.8 Å². The minimum Gasteiger partial charge on any atom is -0.355 e. The Morgan fingerprint density at radius 2 is 1.72 bits per heavy atom. The van der Waals surface area contributed by atoms with E-state index in [-0.39, 0.29) is 40.6 Å². The smallest absolute Gasteiger partial charge is 0.355 e. The van der Waals surface area contributed by atoms with Crippen LogP contribution < -0.4 is 15.4 Å². The second kappa shape index (κ2) is 8.06. The van der Waals surface area contributed by atoms with Crippen LogP contribution in [0.5, 0.6) is 0 Å². The van der Waals surface area contributed by atoms with Gasteiger partial charge in [-0.2, -0.15) is 36.4 Å². The summed E-state index contributed by atoms with van der Waals surface area (Å²) in [7, 11) is 0. The minimum absolute atomic E-state index is 0.00757. The summed E-state index contributed by atoms with van der Waals surface area (Å²) in [6.07, 6.45) is -7.33. The predicted molar refractivity (Wildman–Crippen MR) is 117 cm³/mol. The Morgan fingerprint density at radius 1 is 1.03 bits per heavy atom. The van der Waals surface area contributed by atoms with Crippen LogP contribution >= 0.6 is 0 Å². The summed E-state index contributed by atoms with van der Waals surface area (Å²) in [4.78, 5) is 28.6. The fourth-order valence-electron chi connectivity index (χ4n) is 5.00. The summed E-state index contributed by atoms with van der Waals surface area (Å²) in [6, 6.07) is 0.929. The molecule has 9 nitrogen and oxygen atoms in total. The zero-order valence-electron chi connectivity index (χ0n) is 19.4. The number of nitrogens with zero attached hydrogens (tertiary/aromatic N) is 8. The predicted octanol–water partition coefficient (Wildman–Crippen LogP) is 3.01. The Balaban J connectivity index is 1.40. The third-order valence-corrected chi connectivity index (χ3v) is 6.59. The molecule has 0 unspecified atom stereocenters. The number of hydrogen-bond acceptors (Lipinski definition) is 7. The average molecular weight is 516 g/mol. The Morgan fingerprint density at radius 3 is 2.36 bits per heavy atom. The van der Waals surface area contributed by atoms with Crippen molar-refractivity contribution in [3.8, 4) is 0 Å². The molecule has 2 saturated heterocycles. The van der Waals surface area contributed by atoms with E-state index in [0.717, 1.165) is 12.3 Å².